The maximum Gasteiger partial charge on any atom is 0.341 e. The van der Waals surface area contributed by atoms with Crippen LogP contribution in [0.5, 0.6) is 0 Å². The molecule has 8 heteroatoms. The molecule has 4 aliphatic carbocycles. The molecule has 0 spiro atoms. The molecule has 4 rings (SSSR count). The van der Waals surface area contributed by atoms with Gasteiger partial charge in [-0.1, -0.05) is 105 Å². The lowest BCUT2D eigenvalue weighted by atomic mass is 9.40. The Morgan fingerprint density at radius 2 is 0.938 bits per heavy atom. The Hall–Kier alpha value is -1.73. The highest BCUT2D eigenvalue weighted by Gasteiger charge is 2.64. The molecule has 278 valence electrons. The molecule has 0 N–H and O–H groups in total. The van der Waals surface area contributed by atoms with Crippen LogP contribution in [-0.2, 0) is 28.6 Å². The molecule has 0 radical (unpaired) electrons. The topological polar surface area (TPSA) is 78.9 Å². The number of hydrogen-bond acceptors (Lipinski definition) is 6. The summed E-state index contributed by atoms with van der Waals surface area (Å²) in [4.78, 5) is 37.8. The zero-order valence-electron chi connectivity index (χ0n) is 30.8. The predicted octanol–water partition coefficient (Wildman–Crippen LogP) is 10.4. The summed E-state index contributed by atoms with van der Waals surface area (Å²) in [6.07, 6.45) is 16.0. The van der Waals surface area contributed by atoms with Gasteiger partial charge >= 0.3 is 11.9 Å². The molecule has 4 fully saturated rings. The summed E-state index contributed by atoms with van der Waals surface area (Å²) in [5.41, 5.74) is -1.15. The van der Waals surface area contributed by atoms with Gasteiger partial charge < -0.3 is 14.2 Å². The van der Waals surface area contributed by atoms with Crippen LogP contribution in [0, 0.1) is 34.0 Å². The van der Waals surface area contributed by atoms with Crippen molar-refractivity contribution in [1.82, 2.24) is 0 Å². The Balaban J connectivity index is 1.71. The minimum absolute atomic E-state index is 0.112. The molecule has 0 aromatic carbocycles. The van der Waals surface area contributed by atoms with E-state index in [1.54, 1.807) is 0 Å². The fourth-order valence-electron chi connectivity index (χ4n) is 10.2. The van der Waals surface area contributed by atoms with E-state index in [9.17, 15) is 14.4 Å². The number of esters is 2. The second-order valence-electron chi connectivity index (χ2n) is 16.4. The van der Waals surface area contributed by atoms with E-state index in [1.165, 1.54) is 0 Å². The summed E-state index contributed by atoms with van der Waals surface area (Å²) in [5, 5.41) is 0. The van der Waals surface area contributed by atoms with Crippen molar-refractivity contribution >= 4 is 18.4 Å². The van der Waals surface area contributed by atoms with Crippen molar-refractivity contribution in [1.29, 1.82) is 0 Å². The zero-order valence-corrected chi connectivity index (χ0v) is 30.8. The first kappa shape index (κ1) is 40.7. The van der Waals surface area contributed by atoms with Gasteiger partial charge in [0.05, 0.1) is 19.8 Å². The zero-order chi connectivity index (χ0) is 35.0. The van der Waals surface area contributed by atoms with Gasteiger partial charge in [-0.05, 0) is 70.1 Å². The van der Waals surface area contributed by atoms with Crippen LogP contribution in [0.4, 0.5) is 8.78 Å². The average molecular weight is 683 g/mol. The van der Waals surface area contributed by atoms with Crippen LogP contribution >= 0.6 is 0 Å². The number of alkyl halides is 2. The molecule has 0 aliphatic heterocycles. The number of carbonyl (C=O) groups is 3. The number of unbranched alkanes of at least 4 members (excludes halogenated alkanes) is 8. The van der Waals surface area contributed by atoms with Crippen molar-refractivity contribution in [3.05, 3.63) is 0 Å². The molecular weight excluding hydrogens is 614 g/mol. The van der Waals surface area contributed by atoms with E-state index < -0.39 is 35.1 Å². The van der Waals surface area contributed by atoms with Gasteiger partial charge in [0.1, 0.15) is 0 Å². The highest BCUT2D eigenvalue weighted by molar-refractivity contribution is 5.75. The second-order valence-corrected chi connectivity index (χ2v) is 16.4. The van der Waals surface area contributed by atoms with Crippen LogP contribution in [0.3, 0.4) is 0 Å². The lowest BCUT2D eigenvalue weighted by Crippen LogP contribution is -2.61. The van der Waals surface area contributed by atoms with E-state index in [0.717, 1.165) is 96.3 Å². The fraction of sp³-hybridized carbons (Fsp3) is 0.925. The molecule has 0 heterocycles. The quantitative estimate of drug-likeness (QED) is 0.0371. The number of rotatable bonds is 27. The Morgan fingerprint density at radius 3 is 1.25 bits per heavy atom. The average Bonchev–Trinajstić information content (AvgIpc) is 3.06. The summed E-state index contributed by atoms with van der Waals surface area (Å²) in [6.45, 7) is 9.44. The third kappa shape index (κ3) is 11.7. The summed E-state index contributed by atoms with van der Waals surface area (Å²) >= 11 is 0. The van der Waals surface area contributed by atoms with Crippen LogP contribution in [0.15, 0.2) is 0 Å². The number of halogens is 2. The lowest BCUT2D eigenvalue weighted by Gasteiger charge is -2.65. The van der Waals surface area contributed by atoms with Crippen molar-refractivity contribution in [3.63, 3.8) is 0 Å². The van der Waals surface area contributed by atoms with Crippen molar-refractivity contribution < 1.29 is 37.4 Å². The molecule has 48 heavy (non-hydrogen) atoms. The molecule has 0 amide bonds. The Morgan fingerprint density at radius 1 is 0.604 bits per heavy atom. The highest BCUT2D eigenvalue weighted by atomic mass is 19.1. The third-order valence-electron chi connectivity index (χ3n) is 11.9. The summed E-state index contributed by atoms with van der Waals surface area (Å²) in [6, 6.07) is 0. The first-order valence-corrected chi connectivity index (χ1v) is 19.8. The Labute approximate surface area is 290 Å². The van der Waals surface area contributed by atoms with Gasteiger partial charge in [-0.25, -0.2) is 18.4 Å². The van der Waals surface area contributed by atoms with E-state index >= 15 is 8.78 Å². The van der Waals surface area contributed by atoms with Crippen LogP contribution < -0.4 is 0 Å². The first-order chi connectivity index (χ1) is 23.1. The van der Waals surface area contributed by atoms with Crippen molar-refractivity contribution in [3.8, 4) is 0 Å². The smallest absolute Gasteiger partial charge is 0.341 e. The van der Waals surface area contributed by atoms with Crippen LogP contribution in [0.25, 0.3) is 0 Å². The minimum Gasteiger partial charge on any atom is -0.467 e. The number of hydrogen-bond donors (Lipinski definition) is 0. The standard InChI is InChI=1S/C40H68F2O6/c1-5-9-13-17-32(18-14-10-6-2)34(41)36(44)47-28-39-22-31-21-38(24-39,27-46-30-43)25-40(23-31,26-39)29-48-37(45)35(42)33(19-15-11-7-3)20-16-12-8-4/h30-35H,5-29H2,1-4H3. The molecule has 0 saturated heterocycles. The number of ether oxygens (including phenoxy) is 3. The van der Waals surface area contributed by atoms with Crippen molar-refractivity contribution in [2.24, 2.45) is 34.0 Å². The third-order valence-corrected chi connectivity index (χ3v) is 11.9. The predicted molar refractivity (Wildman–Crippen MR) is 186 cm³/mol. The molecule has 4 aliphatic rings. The first-order valence-electron chi connectivity index (χ1n) is 19.8. The normalized spacial score (nSPS) is 27.3. The van der Waals surface area contributed by atoms with E-state index in [1.807, 2.05) is 0 Å². The summed E-state index contributed by atoms with van der Waals surface area (Å²) in [5.74, 6) is -1.90. The van der Waals surface area contributed by atoms with Gasteiger partial charge in [0.25, 0.3) is 6.47 Å². The Bertz CT molecular complexity index is 891. The molecule has 0 aromatic rings. The lowest BCUT2D eigenvalue weighted by molar-refractivity contribution is -0.213. The fourth-order valence-corrected chi connectivity index (χ4v) is 10.2. The van der Waals surface area contributed by atoms with Crippen LogP contribution in [0.1, 0.15) is 169 Å². The van der Waals surface area contributed by atoms with Crippen LogP contribution in [0.2, 0.25) is 0 Å². The molecule has 4 unspecified atom stereocenters. The largest absolute Gasteiger partial charge is 0.467 e. The maximum absolute atomic E-state index is 15.7. The summed E-state index contributed by atoms with van der Waals surface area (Å²) < 4.78 is 48.5. The van der Waals surface area contributed by atoms with Gasteiger partial charge in [0.2, 0.25) is 0 Å². The number of carbonyl (C=O) groups excluding carboxylic acids is 3. The SMILES string of the molecule is CCCCCC(CCCCC)C(F)C(=O)OCC12CC3CC(COC=O)(C1)CC(COC(=O)C(F)C(CCCCC)CCCCC)(C3)C2. The van der Waals surface area contributed by atoms with Crippen LogP contribution in [-0.4, -0.2) is 50.6 Å². The molecule has 4 saturated carbocycles. The van der Waals surface area contributed by atoms with Gasteiger partial charge in [-0.3, -0.25) is 4.79 Å². The van der Waals surface area contributed by atoms with Gasteiger partial charge in [-0.2, -0.15) is 0 Å². The molecular formula is C40H68F2O6. The van der Waals surface area contributed by atoms with Crippen molar-refractivity contribution in [2.45, 2.75) is 181 Å². The van der Waals surface area contributed by atoms with E-state index in [2.05, 4.69) is 27.7 Å². The molecule has 4 bridgehead atoms. The van der Waals surface area contributed by atoms with E-state index in [-0.39, 0.29) is 43.0 Å². The van der Waals surface area contributed by atoms with Gasteiger partial charge in [0.15, 0.2) is 12.3 Å². The van der Waals surface area contributed by atoms with E-state index in [0.29, 0.717) is 51.4 Å². The van der Waals surface area contributed by atoms with Crippen molar-refractivity contribution in [2.75, 3.05) is 19.8 Å². The maximum atomic E-state index is 15.7. The molecule has 6 nitrogen and oxygen atoms in total. The summed E-state index contributed by atoms with van der Waals surface area (Å²) in [7, 11) is 0. The van der Waals surface area contributed by atoms with Gasteiger partial charge in [-0.15, -0.1) is 0 Å². The van der Waals surface area contributed by atoms with E-state index in [4.69, 9.17) is 14.2 Å². The minimum atomic E-state index is -1.64. The second kappa shape index (κ2) is 20.2. The van der Waals surface area contributed by atoms with Gasteiger partial charge in [0, 0.05) is 28.1 Å². The monoisotopic (exact) mass is 682 g/mol. The molecule has 4 atom stereocenters. The Kier molecular flexibility index (Phi) is 17.1. The highest BCUT2D eigenvalue weighted by Crippen LogP contribution is 2.70. The molecule has 0 aromatic heterocycles.